The molecule has 0 bridgehead atoms. The van der Waals surface area contributed by atoms with E-state index in [1.807, 2.05) is 36.4 Å². The molecule has 1 aromatic rings. The predicted molar refractivity (Wildman–Crippen MR) is 51.6 cm³/mol. The topological polar surface area (TPSA) is 9.23 Å². The highest BCUT2D eigenvalue weighted by molar-refractivity contribution is 5.60. The van der Waals surface area contributed by atoms with E-state index in [0.29, 0.717) is 0 Å². The molecule has 1 rings (SSSR count). The van der Waals surface area contributed by atoms with Crippen LogP contribution in [0, 0.1) is 0 Å². The maximum absolute atomic E-state index is 5.17. The van der Waals surface area contributed by atoms with E-state index in [1.54, 1.807) is 13.2 Å². The van der Waals surface area contributed by atoms with Gasteiger partial charge in [0.2, 0.25) is 0 Å². The summed E-state index contributed by atoms with van der Waals surface area (Å²) in [7, 11) is 1.66. The van der Waals surface area contributed by atoms with Crippen LogP contribution in [0.3, 0.4) is 0 Å². The first-order valence-corrected chi connectivity index (χ1v) is 3.80. The molecule has 0 atom stereocenters. The molecule has 0 aliphatic heterocycles. The van der Waals surface area contributed by atoms with Crippen LogP contribution in [0.5, 0.6) is 0 Å². The van der Waals surface area contributed by atoms with E-state index in [-0.39, 0.29) is 0 Å². The molecule has 1 aromatic carbocycles. The van der Waals surface area contributed by atoms with E-state index < -0.39 is 0 Å². The molecule has 1 nitrogen and oxygen atoms in total. The Balaban J connectivity index is 2.95. The minimum Gasteiger partial charge on any atom is -0.496 e. The summed E-state index contributed by atoms with van der Waals surface area (Å²) in [6.45, 7) is 3.62. The van der Waals surface area contributed by atoms with Gasteiger partial charge in [0.25, 0.3) is 0 Å². The second kappa shape index (κ2) is 4.39. The second-order valence-corrected chi connectivity index (χ2v) is 2.34. The van der Waals surface area contributed by atoms with Gasteiger partial charge < -0.3 is 4.74 Å². The van der Waals surface area contributed by atoms with Crippen molar-refractivity contribution in [2.45, 2.75) is 0 Å². The zero-order valence-electron chi connectivity index (χ0n) is 7.16. The summed E-state index contributed by atoms with van der Waals surface area (Å²) in [5.41, 5.74) is 1.07. The van der Waals surface area contributed by atoms with E-state index in [0.717, 1.165) is 11.3 Å². The number of methoxy groups -OCH3 is 1. The van der Waals surface area contributed by atoms with Gasteiger partial charge in [-0.2, -0.15) is 0 Å². The third-order valence-electron chi connectivity index (χ3n) is 1.55. The van der Waals surface area contributed by atoms with Crippen molar-refractivity contribution in [1.29, 1.82) is 0 Å². The molecule has 0 aromatic heterocycles. The van der Waals surface area contributed by atoms with Crippen LogP contribution in [0.25, 0.3) is 5.76 Å². The molecular weight excluding hydrogens is 148 g/mol. The van der Waals surface area contributed by atoms with Crippen LogP contribution < -0.4 is 0 Å². The zero-order valence-corrected chi connectivity index (χ0v) is 7.16. The highest BCUT2D eigenvalue weighted by Gasteiger charge is 1.96. The Kier molecular flexibility index (Phi) is 3.15. The van der Waals surface area contributed by atoms with Crippen molar-refractivity contribution in [3.63, 3.8) is 0 Å². The Hall–Kier alpha value is -1.50. The molecule has 0 N–H and O–H groups in total. The van der Waals surface area contributed by atoms with Crippen LogP contribution in [0.1, 0.15) is 5.56 Å². The fraction of sp³-hybridized carbons (Fsp3) is 0.0909. The molecule has 0 fully saturated rings. The number of benzene rings is 1. The average Bonchev–Trinajstić information content (AvgIpc) is 2.15. The minimum absolute atomic E-state index is 0.839. The molecular formula is C11H12O. The van der Waals surface area contributed by atoms with Crippen molar-refractivity contribution in [2.24, 2.45) is 0 Å². The molecule has 0 amide bonds. The summed E-state index contributed by atoms with van der Waals surface area (Å²) in [6, 6.07) is 9.93. The molecule has 0 aliphatic carbocycles. The summed E-state index contributed by atoms with van der Waals surface area (Å²) in [5, 5.41) is 0. The molecule has 0 saturated heterocycles. The van der Waals surface area contributed by atoms with Gasteiger partial charge in [0, 0.05) is 5.56 Å². The van der Waals surface area contributed by atoms with Crippen LogP contribution in [-0.4, -0.2) is 7.11 Å². The lowest BCUT2D eigenvalue weighted by molar-refractivity contribution is 0.370. The van der Waals surface area contributed by atoms with Crippen LogP contribution in [0.4, 0.5) is 0 Å². The summed E-state index contributed by atoms with van der Waals surface area (Å²) in [4.78, 5) is 0. The largest absolute Gasteiger partial charge is 0.496 e. The first-order chi connectivity index (χ1) is 5.88. The van der Waals surface area contributed by atoms with Crippen molar-refractivity contribution < 1.29 is 4.74 Å². The Bertz CT molecular complexity index is 272. The standard InChI is InChI=1S/C11H12O/c1-3-7-11(12-2)10-8-5-4-6-9-10/h3-9H,1H2,2H3/b11-7-. The SMILES string of the molecule is C=C/C=C(\OC)c1ccccc1. The highest BCUT2D eigenvalue weighted by Crippen LogP contribution is 2.13. The maximum Gasteiger partial charge on any atom is 0.126 e. The van der Waals surface area contributed by atoms with Crippen molar-refractivity contribution in [2.75, 3.05) is 7.11 Å². The predicted octanol–water partition coefficient (Wildman–Crippen LogP) is 2.86. The van der Waals surface area contributed by atoms with E-state index in [1.165, 1.54) is 0 Å². The number of hydrogen-bond acceptors (Lipinski definition) is 1. The van der Waals surface area contributed by atoms with Crippen LogP contribution in [-0.2, 0) is 4.74 Å². The van der Waals surface area contributed by atoms with Gasteiger partial charge in [0.1, 0.15) is 5.76 Å². The highest BCUT2D eigenvalue weighted by atomic mass is 16.5. The lowest BCUT2D eigenvalue weighted by Gasteiger charge is -2.03. The molecule has 12 heavy (non-hydrogen) atoms. The minimum atomic E-state index is 0.839. The molecule has 0 unspecified atom stereocenters. The monoisotopic (exact) mass is 160 g/mol. The lowest BCUT2D eigenvalue weighted by Crippen LogP contribution is -1.85. The van der Waals surface area contributed by atoms with Crippen molar-refractivity contribution in [3.8, 4) is 0 Å². The van der Waals surface area contributed by atoms with Gasteiger partial charge in [-0.05, 0) is 6.08 Å². The molecule has 0 aliphatic rings. The summed E-state index contributed by atoms with van der Waals surface area (Å²) in [5.74, 6) is 0.839. The molecule has 0 heterocycles. The first kappa shape index (κ1) is 8.60. The normalized spacial score (nSPS) is 10.9. The van der Waals surface area contributed by atoms with Crippen molar-refractivity contribution in [1.82, 2.24) is 0 Å². The number of rotatable bonds is 3. The van der Waals surface area contributed by atoms with Crippen molar-refractivity contribution >= 4 is 5.76 Å². The number of hydrogen-bond donors (Lipinski definition) is 0. The molecule has 0 spiro atoms. The number of ether oxygens (including phenoxy) is 1. The second-order valence-electron chi connectivity index (χ2n) is 2.34. The third kappa shape index (κ3) is 1.99. The summed E-state index contributed by atoms with van der Waals surface area (Å²) < 4.78 is 5.17. The van der Waals surface area contributed by atoms with Gasteiger partial charge in [-0.1, -0.05) is 43.0 Å². The van der Waals surface area contributed by atoms with Gasteiger partial charge in [-0.15, -0.1) is 0 Å². The zero-order chi connectivity index (χ0) is 8.81. The quantitative estimate of drug-likeness (QED) is 0.488. The molecule has 0 radical (unpaired) electrons. The Labute approximate surface area is 73.0 Å². The lowest BCUT2D eigenvalue weighted by atomic mass is 10.2. The van der Waals surface area contributed by atoms with E-state index in [2.05, 4.69) is 6.58 Å². The van der Waals surface area contributed by atoms with Gasteiger partial charge in [0.05, 0.1) is 7.11 Å². The summed E-state index contributed by atoms with van der Waals surface area (Å²) in [6.07, 6.45) is 3.56. The Morgan fingerprint density at radius 1 is 1.33 bits per heavy atom. The van der Waals surface area contributed by atoms with E-state index in [9.17, 15) is 0 Å². The van der Waals surface area contributed by atoms with Gasteiger partial charge in [-0.25, -0.2) is 0 Å². The fourth-order valence-electron chi connectivity index (χ4n) is 0.992. The van der Waals surface area contributed by atoms with Crippen molar-refractivity contribution in [3.05, 3.63) is 54.6 Å². The fourth-order valence-corrected chi connectivity index (χ4v) is 0.992. The Morgan fingerprint density at radius 2 is 2.00 bits per heavy atom. The first-order valence-electron chi connectivity index (χ1n) is 3.80. The van der Waals surface area contributed by atoms with Gasteiger partial charge in [0.15, 0.2) is 0 Å². The summed E-state index contributed by atoms with van der Waals surface area (Å²) >= 11 is 0. The van der Waals surface area contributed by atoms with Gasteiger partial charge >= 0.3 is 0 Å². The molecule has 1 heteroatoms. The van der Waals surface area contributed by atoms with Crippen LogP contribution >= 0.6 is 0 Å². The van der Waals surface area contributed by atoms with E-state index in [4.69, 9.17) is 4.74 Å². The maximum atomic E-state index is 5.17. The molecule has 62 valence electrons. The Morgan fingerprint density at radius 3 is 2.50 bits per heavy atom. The smallest absolute Gasteiger partial charge is 0.126 e. The van der Waals surface area contributed by atoms with Crippen LogP contribution in [0.2, 0.25) is 0 Å². The third-order valence-corrected chi connectivity index (χ3v) is 1.55. The van der Waals surface area contributed by atoms with Gasteiger partial charge in [-0.3, -0.25) is 0 Å². The average molecular weight is 160 g/mol. The van der Waals surface area contributed by atoms with Crippen LogP contribution in [0.15, 0.2) is 49.1 Å². The van der Waals surface area contributed by atoms with E-state index >= 15 is 0 Å². The number of allylic oxidation sites excluding steroid dienone is 2. The molecule has 0 saturated carbocycles.